The molecule has 0 radical (unpaired) electrons. The smallest absolute Gasteiger partial charge is 0.255 e. The van der Waals surface area contributed by atoms with E-state index in [2.05, 4.69) is 26.2 Å². The second kappa shape index (κ2) is 6.42. The average Bonchev–Trinajstić information content (AvgIpc) is 2.92. The summed E-state index contributed by atoms with van der Waals surface area (Å²) in [6, 6.07) is 9.25. The quantitative estimate of drug-likeness (QED) is 0.649. The van der Waals surface area contributed by atoms with Crippen LogP contribution in [-0.4, -0.2) is 22.5 Å². The predicted molar refractivity (Wildman–Crippen MR) is 90.1 cm³/mol. The molecular weight excluding hydrogens is 363 g/mol. The zero-order valence-electron chi connectivity index (χ0n) is 12.1. The zero-order chi connectivity index (χ0) is 16.4. The zero-order valence-corrected chi connectivity index (χ0v) is 13.7. The van der Waals surface area contributed by atoms with Crippen molar-refractivity contribution < 1.29 is 14.3 Å². The first kappa shape index (κ1) is 15.6. The molecule has 6 heteroatoms. The van der Waals surface area contributed by atoms with Gasteiger partial charge in [-0.2, -0.15) is 0 Å². The van der Waals surface area contributed by atoms with Gasteiger partial charge in [0, 0.05) is 28.1 Å². The summed E-state index contributed by atoms with van der Waals surface area (Å²) in [5, 5.41) is 13.3. The van der Waals surface area contributed by atoms with Crippen molar-refractivity contribution in [3.8, 4) is 5.75 Å². The van der Waals surface area contributed by atoms with Gasteiger partial charge in [0.25, 0.3) is 5.91 Å². The van der Waals surface area contributed by atoms with E-state index in [1.54, 1.807) is 18.2 Å². The van der Waals surface area contributed by atoms with Gasteiger partial charge < -0.3 is 15.4 Å². The number of H-pyrrole nitrogens is 1. The standard InChI is InChI=1S/C17H14BrFN2O2/c18-11-1-4-16(22)14(7-11)17(23)20-6-5-10-9-21-15-3-2-12(19)8-13(10)15/h1-4,7-9,21-22H,5-6H2,(H,20,23). The van der Waals surface area contributed by atoms with E-state index >= 15 is 0 Å². The number of fused-ring (bicyclic) bond motifs is 1. The lowest BCUT2D eigenvalue weighted by atomic mass is 10.1. The van der Waals surface area contributed by atoms with Gasteiger partial charge in [0.1, 0.15) is 11.6 Å². The summed E-state index contributed by atoms with van der Waals surface area (Å²) >= 11 is 3.27. The Hall–Kier alpha value is -2.34. The first-order valence-electron chi connectivity index (χ1n) is 7.07. The highest BCUT2D eigenvalue weighted by Crippen LogP contribution is 2.22. The molecule has 3 rings (SSSR count). The van der Waals surface area contributed by atoms with Crippen LogP contribution < -0.4 is 5.32 Å². The molecule has 1 amide bonds. The molecule has 3 N–H and O–H groups in total. The van der Waals surface area contributed by atoms with Crippen LogP contribution in [0.5, 0.6) is 5.75 Å². The van der Waals surface area contributed by atoms with E-state index in [0.29, 0.717) is 17.4 Å². The van der Waals surface area contributed by atoms with Crippen LogP contribution in [0.4, 0.5) is 4.39 Å². The van der Waals surface area contributed by atoms with Crippen LogP contribution in [0, 0.1) is 5.82 Å². The van der Waals surface area contributed by atoms with Crippen LogP contribution in [-0.2, 0) is 6.42 Å². The summed E-state index contributed by atoms with van der Waals surface area (Å²) in [5.41, 5.74) is 2.00. The fourth-order valence-corrected chi connectivity index (χ4v) is 2.81. The third kappa shape index (κ3) is 3.37. The number of hydrogen-bond donors (Lipinski definition) is 3. The molecule has 4 nitrogen and oxygen atoms in total. The van der Waals surface area contributed by atoms with Gasteiger partial charge in [0.05, 0.1) is 5.56 Å². The third-order valence-electron chi connectivity index (χ3n) is 3.61. The van der Waals surface area contributed by atoms with Crippen LogP contribution in [0.25, 0.3) is 10.9 Å². The largest absolute Gasteiger partial charge is 0.507 e. The highest BCUT2D eigenvalue weighted by Gasteiger charge is 2.11. The summed E-state index contributed by atoms with van der Waals surface area (Å²) < 4.78 is 14.0. The van der Waals surface area contributed by atoms with E-state index in [1.807, 2.05) is 6.20 Å². The number of benzene rings is 2. The van der Waals surface area contributed by atoms with Gasteiger partial charge in [0.2, 0.25) is 0 Å². The molecule has 1 aromatic heterocycles. The normalized spacial score (nSPS) is 10.9. The molecule has 23 heavy (non-hydrogen) atoms. The molecule has 0 bridgehead atoms. The second-order valence-corrected chi connectivity index (χ2v) is 6.09. The Kier molecular flexibility index (Phi) is 4.34. The Morgan fingerprint density at radius 2 is 2.09 bits per heavy atom. The Labute approximate surface area is 140 Å². The van der Waals surface area contributed by atoms with Crippen molar-refractivity contribution in [3.63, 3.8) is 0 Å². The Balaban J connectivity index is 1.67. The number of aromatic hydroxyl groups is 1. The van der Waals surface area contributed by atoms with E-state index in [-0.39, 0.29) is 23.0 Å². The molecule has 0 saturated heterocycles. The molecule has 118 valence electrons. The van der Waals surface area contributed by atoms with E-state index in [0.717, 1.165) is 16.5 Å². The number of phenolic OH excluding ortho intramolecular Hbond substituents is 1. The first-order chi connectivity index (χ1) is 11.0. The highest BCUT2D eigenvalue weighted by atomic mass is 79.9. The van der Waals surface area contributed by atoms with E-state index in [9.17, 15) is 14.3 Å². The molecule has 0 atom stereocenters. The lowest BCUT2D eigenvalue weighted by Crippen LogP contribution is -2.25. The first-order valence-corrected chi connectivity index (χ1v) is 7.86. The molecule has 0 unspecified atom stereocenters. The van der Waals surface area contributed by atoms with Gasteiger partial charge in [-0.05, 0) is 48.4 Å². The lowest BCUT2D eigenvalue weighted by molar-refractivity contribution is 0.0951. The van der Waals surface area contributed by atoms with E-state index < -0.39 is 0 Å². The minimum Gasteiger partial charge on any atom is -0.507 e. The van der Waals surface area contributed by atoms with Gasteiger partial charge in [-0.1, -0.05) is 15.9 Å². The number of aromatic amines is 1. The number of carbonyl (C=O) groups excluding carboxylic acids is 1. The van der Waals surface area contributed by atoms with Crippen molar-refractivity contribution in [2.24, 2.45) is 0 Å². The average molecular weight is 377 g/mol. The third-order valence-corrected chi connectivity index (χ3v) is 4.11. The molecular formula is C17H14BrFN2O2. The fourth-order valence-electron chi connectivity index (χ4n) is 2.45. The van der Waals surface area contributed by atoms with Crippen molar-refractivity contribution in [2.75, 3.05) is 6.54 Å². The molecule has 0 spiro atoms. The van der Waals surface area contributed by atoms with Crippen molar-refractivity contribution in [3.05, 3.63) is 64.0 Å². The maximum absolute atomic E-state index is 13.3. The summed E-state index contributed by atoms with van der Waals surface area (Å²) in [6.07, 6.45) is 2.37. The predicted octanol–water partition coefficient (Wildman–Crippen LogP) is 3.75. The topological polar surface area (TPSA) is 65.1 Å². The fraction of sp³-hybridized carbons (Fsp3) is 0.118. The summed E-state index contributed by atoms with van der Waals surface area (Å²) in [4.78, 5) is 15.2. The minimum atomic E-state index is -0.352. The van der Waals surface area contributed by atoms with E-state index in [4.69, 9.17) is 0 Å². The van der Waals surface area contributed by atoms with E-state index in [1.165, 1.54) is 18.2 Å². The minimum absolute atomic E-state index is 0.0696. The maximum Gasteiger partial charge on any atom is 0.255 e. The van der Waals surface area contributed by atoms with Crippen molar-refractivity contribution in [1.29, 1.82) is 0 Å². The van der Waals surface area contributed by atoms with Crippen LogP contribution >= 0.6 is 15.9 Å². The maximum atomic E-state index is 13.3. The number of phenols is 1. The van der Waals surface area contributed by atoms with Crippen molar-refractivity contribution in [2.45, 2.75) is 6.42 Å². The van der Waals surface area contributed by atoms with Gasteiger partial charge >= 0.3 is 0 Å². The second-order valence-electron chi connectivity index (χ2n) is 5.17. The summed E-state index contributed by atoms with van der Waals surface area (Å²) in [5.74, 6) is -0.712. The van der Waals surface area contributed by atoms with Gasteiger partial charge in [-0.25, -0.2) is 4.39 Å². The van der Waals surface area contributed by atoms with Crippen molar-refractivity contribution >= 4 is 32.7 Å². The molecule has 0 fully saturated rings. The number of rotatable bonds is 4. The monoisotopic (exact) mass is 376 g/mol. The van der Waals surface area contributed by atoms with Gasteiger partial charge in [-0.3, -0.25) is 4.79 Å². The molecule has 1 heterocycles. The Morgan fingerprint density at radius 3 is 2.91 bits per heavy atom. The molecule has 0 aliphatic heterocycles. The number of nitrogens with one attached hydrogen (secondary N) is 2. The molecule has 0 aliphatic carbocycles. The van der Waals surface area contributed by atoms with Crippen LogP contribution in [0.15, 0.2) is 47.1 Å². The SMILES string of the molecule is O=C(NCCc1c[nH]c2ccc(F)cc12)c1cc(Br)ccc1O. The molecule has 0 aliphatic rings. The summed E-state index contributed by atoms with van der Waals surface area (Å²) in [6.45, 7) is 0.383. The van der Waals surface area contributed by atoms with Crippen molar-refractivity contribution in [1.82, 2.24) is 10.3 Å². The Bertz CT molecular complexity index is 876. The number of aromatic nitrogens is 1. The van der Waals surface area contributed by atoms with Gasteiger partial charge in [0.15, 0.2) is 0 Å². The number of halogens is 2. The number of amides is 1. The molecule has 0 saturated carbocycles. The number of hydrogen-bond acceptors (Lipinski definition) is 2. The molecule has 2 aromatic carbocycles. The lowest BCUT2D eigenvalue weighted by Gasteiger charge is -2.07. The van der Waals surface area contributed by atoms with Crippen LogP contribution in [0.2, 0.25) is 0 Å². The van der Waals surface area contributed by atoms with Crippen LogP contribution in [0.3, 0.4) is 0 Å². The number of carbonyl (C=O) groups is 1. The van der Waals surface area contributed by atoms with Gasteiger partial charge in [-0.15, -0.1) is 0 Å². The van der Waals surface area contributed by atoms with Crippen LogP contribution in [0.1, 0.15) is 15.9 Å². The Morgan fingerprint density at radius 1 is 1.26 bits per heavy atom. The molecule has 3 aromatic rings. The highest BCUT2D eigenvalue weighted by molar-refractivity contribution is 9.10. The summed E-state index contributed by atoms with van der Waals surface area (Å²) in [7, 11) is 0.